The van der Waals surface area contributed by atoms with Gasteiger partial charge in [0.1, 0.15) is 0 Å². The largest absolute Gasteiger partial charge is 0.396 e. The molecule has 4 nitrogen and oxygen atoms in total. The molecule has 0 saturated carbocycles. The minimum Gasteiger partial charge on any atom is -0.396 e. The molecule has 0 aliphatic heterocycles. The molecule has 1 atom stereocenters. The third kappa shape index (κ3) is 18.6. The number of rotatable bonds is 28. The molecule has 0 aliphatic rings. The fourth-order valence-corrected chi connectivity index (χ4v) is 7.29. The van der Waals surface area contributed by atoms with Gasteiger partial charge in [0.2, 0.25) is 0 Å². The van der Waals surface area contributed by atoms with Crippen molar-refractivity contribution < 1.29 is 13.5 Å². The predicted octanol–water partition coefficient (Wildman–Crippen LogP) is 11.6. The molecule has 0 radical (unpaired) electrons. The first-order valence-corrected chi connectivity index (χ1v) is 20.1. The summed E-state index contributed by atoms with van der Waals surface area (Å²) < 4.78 is 25.2. The van der Waals surface area contributed by atoms with Crippen molar-refractivity contribution in [3.8, 4) is 0 Å². The molecular weight excluding hydrogens is 575 g/mol. The molecule has 2 N–H and O–H groups in total. The molecule has 2 aromatic carbocycles. The van der Waals surface area contributed by atoms with Gasteiger partial charge in [0.15, 0.2) is 9.84 Å². The van der Waals surface area contributed by atoms with Gasteiger partial charge in [-0.25, -0.2) is 8.42 Å². The Labute approximate surface area is 277 Å². The van der Waals surface area contributed by atoms with Crippen molar-refractivity contribution in [3.05, 3.63) is 59.7 Å². The smallest absolute Gasteiger partial charge is 0.178 e. The molecule has 0 fully saturated rings. The fourth-order valence-electron chi connectivity index (χ4n) is 5.92. The highest BCUT2D eigenvalue weighted by Crippen LogP contribution is 2.20. The highest BCUT2D eigenvalue weighted by molar-refractivity contribution is 7.91. The summed E-state index contributed by atoms with van der Waals surface area (Å²) in [4.78, 5) is 0.382. The van der Waals surface area contributed by atoms with Crippen molar-refractivity contribution in [2.24, 2.45) is 0 Å². The SMILES string of the molecule is CCCCCCCCCCCCCCCCCC(CC)Nc1ccc(C=Cc2ccc(S(=O)(=O)CCCCCCO)cc2)cc1. The van der Waals surface area contributed by atoms with Crippen molar-refractivity contribution in [2.45, 2.75) is 160 Å². The van der Waals surface area contributed by atoms with Gasteiger partial charge in [0.05, 0.1) is 10.6 Å². The van der Waals surface area contributed by atoms with Crippen LogP contribution in [0.1, 0.15) is 160 Å². The van der Waals surface area contributed by atoms with Crippen molar-refractivity contribution in [2.75, 3.05) is 17.7 Å². The van der Waals surface area contributed by atoms with Crippen molar-refractivity contribution in [1.82, 2.24) is 0 Å². The molecule has 0 spiro atoms. The van der Waals surface area contributed by atoms with Crippen molar-refractivity contribution >= 4 is 27.7 Å². The molecule has 1 unspecified atom stereocenters. The Morgan fingerprint density at radius 1 is 0.600 bits per heavy atom. The number of sulfone groups is 1. The summed E-state index contributed by atoms with van der Waals surface area (Å²) >= 11 is 0. The van der Waals surface area contributed by atoms with Crippen LogP contribution in [0.3, 0.4) is 0 Å². The highest BCUT2D eigenvalue weighted by Gasteiger charge is 2.13. The lowest BCUT2D eigenvalue weighted by Gasteiger charge is -2.18. The minimum absolute atomic E-state index is 0.159. The molecule has 0 amide bonds. The maximum absolute atomic E-state index is 12.6. The predicted molar refractivity (Wildman–Crippen MR) is 197 cm³/mol. The van der Waals surface area contributed by atoms with Gasteiger partial charge in [-0.1, -0.05) is 159 Å². The van der Waals surface area contributed by atoms with Gasteiger partial charge < -0.3 is 10.4 Å². The van der Waals surface area contributed by atoms with Crippen LogP contribution in [0.4, 0.5) is 5.69 Å². The topological polar surface area (TPSA) is 66.4 Å². The molecule has 2 aromatic rings. The third-order valence-corrected chi connectivity index (χ3v) is 10.8. The van der Waals surface area contributed by atoms with Gasteiger partial charge in [0.25, 0.3) is 0 Å². The number of benzene rings is 2. The van der Waals surface area contributed by atoms with E-state index in [2.05, 4.69) is 49.5 Å². The van der Waals surface area contributed by atoms with Gasteiger partial charge in [-0.2, -0.15) is 0 Å². The first-order valence-electron chi connectivity index (χ1n) is 18.5. The van der Waals surface area contributed by atoms with E-state index in [1.807, 2.05) is 18.2 Å². The van der Waals surface area contributed by atoms with Gasteiger partial charge in [-0.15, -0.1) is 0 Å². The Kier molecular flexibility index (Phi) is 21.7. The first-order chi connectivity index (χ1) is 22.0. The number of anilines is 1. The quantitative estimate of drug-likeness (QED) is 0.0718. The molecule has 2 rings (SSSR count). The summed E-state index contributed by atoms with van der Waals surface area (Å²) in [5.74, 6) is 0.159. The number of hydrogen-bond donors (Lipinski definition) is 2. The van der Waals surface area contributed by atoms with Crippen LogP contribution in [0.5, 0.6) is 0 Å². The highest BCUT2D eigenvalue weighted by atomic mass is 32.2. The average Bonchev–Trinajstić information content (AvgIpc) is 3.05. The number of aliphatic hydroxyl groups is 1. The van der Waals surface area contributed by atoms with E-state index >= 15 is 0 Å². The molecule has 5 heteroatoms. The Bertz CT molecular complexity index is 1110. The Morgan fingerprint density at radius 2 is 1.04 bits per heavy atom. The summed E-state index contributed by atoms with van der Waals surface area (Å²) in [7, 11) is -3.26. The van der Waals surface area contributed by atoms with E-state index in [0.29, 0.717) is 17.4 Å². The lowest BCUT2D eigenvalue weighted by molar-refractivity contribution is 0.283. The second-order valence-electron chi connectivity index (χ2n) is 13.0. The lowest BCUT2D eigenvalue weighted by atomic mass is 10.0. The van der Waals surface area contributed by atoms with Crippen molar-refractivity contribution in [3.63, 3.8) is 0 Å². The summed E-state index contributed by atoms with van der Waals surface area (Å²) in [6.07, 6.45) is 30.6. The van der Waals surface area contributed by atoms with Crippen molar-refractivity contribution in [1.29, 1.82) is 0 Å². The number of aliphatic hydroxyl groups excluding tert-OH is 1. The second kappa shape index (κ2) is 25.0. The standard InChI is InChI=1S/C40H65NO3S/c1-3-5-6-7-8-9-10-11-12-13-14-15-16-17-20-23-38(4-2)41-39-30-26-36(27-31-39)24-25-37-28-32-40(33-29-37)45(43,44)35-22-19-18-21-34-42/h24-33,38,41-42H,3-23,34-35H2,1-2H3. The van der Waals surface area contributed by atoms with Gasteiger partial charge in [0, 0.05) is 18.3 Å². The van der Waals surface area contributed by atoms with Crippen LogP contribution in [-0.4, -0.2) is 31.9 Å². The van der Waals surface area contributed by atoms with E-state index in [-0.39, 0.29) is 12.4 Å². The Balaban J connectivity index is 1.60. The van der Waals surface area contributed by atoms with E-state index < -0.39 is 9.84 Å². The molecule has 0 aromatic heterocycles. The van der Waals surface area contributed by atoms with Crippen LogP contribution in [0.25, 0.3) is 12.2 Å². The van der Waals surface area contributed by atoms with E-state index in [1.165, 1.54) is 108 Å². The lowest BCUT2D eigenvalue weighted by Crippen LogP contribution is -2.18. The van der Waals surface area contributed by atoms with E-state index in [9.17, 15) is 8.42 Å². The van der Waals surface area contributed by atoms with Crippen LogP contribution in [-0.2, 0) is 9.84 Å². The van der Waals surface area contributed by atoms with Gasteiger partial charge >= 0.3 is 0 Å². The molecule has 45 heavy (non-hydrogen) atoms. The van der Waals surface area contributed by atoms with Gasteiger partial charge in [-0.05, 0) is 61.1 Å². The van der Waals surface area contributed by atoms with Crippen LogP contribution in [0.2, 0.25) is 0 Å². The fraction of sp³-hybridized carbons (Fsp3) is 0.650. The first kappa shape index (κ1) is 39.1. The van der Waals surface area contributed by atoms with Gasteiger partial charge in [-0.3, -0.25) is 0 Å². The molecule has 0 heterocycles. The maximum atomic E-state index is 12.6. The molecule has 254 valence electrons. The zero-order valence-corrected chi connectivity index (χ0v) is 29.6. The van der Waals surface area contributed by atoms with Crippen LogP contribution < -0.4 is 5.32 Å². The molecular formula is C40H65NO3S. The Hall–Kier alpha value is -2.11. The second-order valence-corrected chi connectivity index (χ2v) is 15.1. The molecule has 0 saturated heterocycles. The van der Waals surface area contributed by atoms with Crippen LogP contribution in [0.15, 0.2) is 53.4 Å². The number of nitrogens with one attached hydrogen (secondary N) is 1. The molecule has 0 bridgehead atoms. The van der Waals surface area contributed by atoms with Crippen LogP contribution in [0, 0.1) is 0 Å². The number of unbranched alkanes of at least 4 members (excludes halogenated alkanes) is 17. The average molecular weight is 640 g/mol. The minimum atomic E-state index is -3.26. The number of hydrogen-bond acceptors (Lipinski definition) is 4. The molecule has 0 aliphatic carbocycles. The Morgan fingerprint density at radius 3 is 1.53 bits per heavy atom. The van der Waals surface area contributed by atoms with Crippen LogP contribution >= 0.6 is 0 Å². The normalized spacial score (nSPS) is 12.6. The zero-order chi connectivity index (χ0) is 32.4. The summed E-state index contributed by atoms with van der Waals surface area (Å²) in [5.41, 5.74) is 3.27. The zero-order valence-electron chi connectivity index (χ0n) is 28.8. The maximum Gasteiger partial charge on any atom is 0.178 e. The summed E-state index contributed by atoms with van der Waals surface area (Å²) in [6.45, 7) is 4.73. The van der Waals surface area contributed by atoms with E-state index in [0.717, 1.165) is 36.8 Å². The summed E-state index contributed by atoms with van der Waals surface area (Å²) in [6, 6.07) is 16.3. The third-order valence-electron chi connectivity index (χ3n) is 8.96. The van der Waals surface area contributed by atoms with E-state index in [4.69, 9.17) is 5.11 Å². The van der Waals surface area contributed by atoms with E-state index in [1.54, 1.807) is 12.1 Å². The summed E-state index contributed by atoms with van der Waals surface area (Å²) in [5, 5.41) is 12.6. The monoisotopic (exact) mass is 639 g/mol.